The van der Waals surface area contributed by atoms with Crippen LogP contribution in [0.15, 0.2) is 24.3 Å². The van der Waals surface area contributed by atoms with Crippen molar-refractivity contribution < 1.29 is 4.74 Å². The zero-order valence-corrected chi connectivity index (χ0v) is 13.0. The van der Waals surface area contributed by atoms with E-state index in [-0.39, 0.29) is 0 Å². The predicted molar refractivity (Wildman–Crippen MR) is 77.5 cm³/mol. The Labute approximate surface area is 115 Å². The molecule has 1 aliphatic heterocycles. The standard InChI is InChI=1S/C14H20OSSe/c1-11(16-2)13-7-3-4-8-14(13)17-10-12-6-5-9-15-12/h3-4,7-8,11-12H,5-6,9-10H2,1-2H3/t11-,12?/m0/s1. The first-order valence-corrected chi connectivity index (χ1v) is 9.53. The van der Waals surface area contributed by atoms with Gasteiger partial charge < -0.3 is 0 Å². The van der Waals surface area contributed by atoms with Gasteiger partial charge in [-0.05, 0) is 0 Å². The predicted octanol–water partition coefficient (Wildman–Crippen LogP) is 3.04. The van der Waals surface area contributed by atoms with Gasteiger partial charge in [0.2, 0.25) is 0 Å². The molecule has 1 nitrogen and oxygen atoms in total. The third-order valence-corrected chi connectivity index (χ3v) is 6.68. The molecule has 1 saturated heterocycles. The normalized spacial score (nSPS) is 21.6. The molecule has 1 aliphatic rings. The van der Waals surface area contributed by atoms with Crippen LogP contribution in [0.5, 0.6) is 0 Å². The molecule has 17 heavy (non-hydrogen) atoms. The van der Waals surface area contributed by atoms with Gasteiger partial charge in [0, 0.05) is 0 Å². The quantitative estimate of drug-likeness (QED) is 0.773. The van der Waals surface area contributed by atoms with Crippen molar-refractivity contribution in [1.29, 1.82) is 0 Å². The Morgan fingerprint density at radius 1 is 1.47 bits per heavy atom. The molecule has 0 radical (unpaired) electrons. The van der Waals surface area contributed by atoms with E-state index in [0.717, 1.165) is 6.61 Å². The van der Waals surface area contributed by atoms with Crippen LogP contribution in [0.2, 0.25) is 5.32 Å². The fraction of sp³-hybridized carbons (Fsp3) is 0.571. The summed E-state index contributed by atoms with van der Waals surface area (Å²) in [4.78, 5) is 0. The molecular formula is C14H20OSSe. The summed E-state index contributed by atoms with van der Waals surface area (Å²) in [6.45, 7) is 3.27. The van der Waals surface area contributed by atoms with Crippen molar-refractivity contribution >= 4 is 31.2 Å². The van der Waals surface area contributed by atoms with E-state index in [1.807, 2.05) is 11.8 Å². The fourth-order valence-electron chi connectivity index (χ4n) is 2.03. The molecule has 3 heteroatoms. The van der Waals surface area contributed by atoms with E-state index in [2.05, 4.69) is 37.4 Å². The van der Waals surface area contributed by atoms with Crippen molar-refractivity contribution in [2.24, 2.45) is 0 Å². The fourth-order valence-corrected chi connectivity index (χ4v) is 5.21. The Morgan fingerprint density at radius 3 is 3.00 bits per heavy atom. The van der Waals surface area contributed by atoms with Crippen LogP contribution in [0.1, 0.15) is 30.6 Å². The SMILES string of the molecule is CS[C@@H](C)c1ccccc1[Se]CC1CCCO1. The molecule has 0 N–H and O–H groups in total. The van der Waals surface area contributed by atoms with Gasteiger partial charge in [-0.3, -0.25) is 0 Å². The third-order valence-electron chi connectivity index (χ3n) is 3.16. The zero-order chi connectivity index (χ0) is 12.1. The number of hydrogen-bond acceptors (Lipinski definition) is 2. The molecule has 0 saturated carbocycles. The van der Waals surface area contributed by atoms with Crippen LogP contribution >= 0.6 is 11.8 Å². The summed E-state index contributed by atoms with van der Waals surface area (Å²) in [6.07, 6.45) is 5.24. The van der Waals surface area contributed by atoms with Gasteiger partial charge in [0.05, 0.1) is 0 Å². The van der Waals surface area contributed by atoms with Crippen LogP contribution in [0, 0.1) is 0 Å². The molecular weight excluding hydrogens is 295 g/mol. The minimum absolute atomic E-state index is 0.535. The van der Waals surface area contributed by atoms with Crippen LogP contribution in [0.25, 0.3) is 0 Å². The molecule has 1 aromatic carbocycles. The summed E-state index contributed by atoms with van der Waals surface area (Å²) in [6, 6.07) is 8.92. The van der Waals surface area contributed by atoms with Gasteiger partial charge in [0.25, 0.3) is 0 Å². The molecule has 0 aromatic heterocycles. The molecule has 0 amide bonds. The second kappa shape index (κ2) is 6.84. The van der Waals surface area contributed by atoms with Crippen molar-refractivity contribution in [2.75, 3.05) is 12.9 Å². The van der Waals surface area contributed by atoms with Crippen LogP contribution in [-0.4, -0.2) is 33.9 Å². The van der Waals surface area contributed by atoms with Gasteiger partial charge in [-0.2, -0.15) is 0 Å². The summed E-state index contributed by atoms with van der Waals surface area (Å²) in [5.41, 5.74) is 1.53. The van der Waals surface area contributed by atoms with Gasteiger partial charge in [0.15, 0.2) is 0 Å². The van der Waals surface area contributed by atoms with Crippen molar-refractivity contribution in [2.45, 2.75) is 36.4 Å². The summed E-state index contributed by atoms with van der Waals surface area (Å²) in [5, 5.41) is 1.85. The van der Waals surface area contributed by atoms with E-state index < -0.39 is 0 Å². The maximum absolute atomic E-state index is 5.71. The van der Waals surface area contributed by atoms with Crippen LogP contribution < -0.4 is 4.46 Å². The average molecular weight is 315 g/mol. The zero-order valence-electron chi connectivity index (χ0n) is 10.5. The number of benzene rings is 1. The number of ether oxygens (including phenoxy) is 1. The van der Waals surface area contributed by atoms with Crippen molar-refractivity contribution in [3.8, 4) is 0 Å². The molecule has 1 fully saturated rings. The van der Waals surface area contributed by atoms with E-state index in [1.54, 1.807) is 4.46 Å². The van der Waals surface area contributed by atoms with E-state index >= 15 is 0 Å². The molecule has 94 valence electrons. The Kier molecular flexibility index (Phi) is 5.43. The second-order valence-corrected chi connectivity index (χ2v) is 7.77. The monoisotopic (exact) mass is 316 g/mol. The Hall–Kier alpha value is 0.0495. The van der Waals surface area contributed by atoms with E-state index in [1.165, 1.54) is 23.7 Å². The van der Waals surface area contributed by atoms with E-state index in [4.69, 9.17) is 4.74 Å². The molecule has 1 unspecified atom stereocenters. The molecule has 1 heterocycles. The first-order valence-electron chi connectivity index (χ1n) is 6.17. The molecule has 2 atom stereocenters. The summed E-state index contributed by atoms with van der Waals surface area (Å²) in [5.74, 6) is 0. The van der Waals surface area contributed by atoms with Crippen LogP contribution in [0.4, 0.5) is 0 Å². The first-order chi connectivity index (χ1) is 8.31. The van der Waals surface area contributed by atoms with E-state index in [9.17, 15) is 0 Å². The van der Waals surface area contributed by atoms with Gasteiger partial charge in [-0.15, -0.1) is 0 Å². The van der Waals surface area contributed by atoms with Crippen LogP contribution in [0.3, 0.4) is 0 Å². The Bertz CT molecular complexity index is 350. The van der Waals surface area contributed by atoms with Crippen molar-refractivity contribution in [3.63, 3.8) is 0 Å². The number of thioether (sulfide) groups is 1. The third kappa shape index (κ3) is 3.75. The van der Waals surface area contributed by atoms with Gasteiger partial charge >= 0.3 is 115 Å². The van der Waals surface area contributed by atoms with Crippen LogP contribution in [-0.2, 0) is 4.74 Å². The van der Waals surface area contributed by atoms with Crippen molar-refractivity contribution in [3.05, 3.63) is 29.8 Å². The van der Waals surface area contributed by atoms with Crippen molar-refractivity contribution in [1.82, 2.24) is 0 Å². The number of rotatable bonds is 5. The summed E-state index contributed by atoms with van der Waals surface area (Å²) < 4.78 is 7.28. The topological polar surface area (TPSA) is 9.23 Å². The number of hydrogen-bond donors (Lipinski definition) is 0. The Balaban J connectivity index is 1.98. The maximum atomic E-state index is 5.71. The first kappa shape index (κ1) is 13.5. The van der Waals surface area contributed by atoms with Gasteiger partial charge in [-0.1, -0.05) is 0 Å². The average Bonchev–Trinajstić information content (AvgIpc) is 2.89. The summed E-state index contributed by atoms with van der Waals surface area (Å²) >= 11 is 2.49. The minimum atomic E-state index is 0.535. The van der Waals surface area contributed by atoms with Gasteiger partial charge in [-0.25, -0.2) is 0 Å². The second-order valence-electron chi connectivity index (χ2n) is 4.36. The molecule has 0 aliphatic carbocycles. The molecule has 1 aromatic rings. The molecule has 2 rings (SSSR count). The van der Waals surface area contributed by atoms with E-state index in [0.29, 0.717) is 26.3 Å². The Morgan fingerprint density at radius 2 is 2.29 bits per heavy atom. The summed E-state index contributed by atoms with van der Waals surface area (Å²) in [7, 11) is 0. The van der Waals surface area contributed by atoms with Gasteiger partial charge in [0.1, 0.15) is 0 Å². The molecule has 0 spiro atoms. The molecule has 0 bridgehead atoms.